The third-order valence-corrected chi connectivity index (χ3v) is 5.38. The number of rotatable bonds is 4. The maximum atomic E-state index is 11.8. The van der Waals surface area contributed by atoms with Crippen molar-refractivity contribution in [1.82, 2.24) is 0 Å². The molecule has 5 nitrogen and oxygen atoms in total. The molecule has 0 aliphatic carbocycles. The Labute approximate surface area is 140 Å². The van der Waals surface area contributed by atoms with E-state index in [9.17, 15) is 16.8 Å². The van der Waals surface area contributed by atoms with E-state index in [1.165, 1.54) is 48.5 Å². The van der Waals surface area contributed by atoms with Crippen LogP contribution in [-0.4, -0.2) is 46.4 Å². The number of hydrogen-bond donors (Lipinski definition) is 0. The maximum Gasteiger partial charge on any atom is 0.311 e. The largest absolute Gasteiger partial charge is 0.311 e. The van der Waals surface area contributed by atoms with Gasteiger partial charge in [0.15, 0.2) is 0 Å². The Bertz CT molecular complexity index is 689. The monoisotopic (exact) mass is 321 g/mol. The molecule has 8 heteroatoms. The van der Waals surface area contributed by atoms with Crippen LogP contribution in [-0.2, 0) is 23.9 Å². The first-order valence-corrected chi connectivity index (χ1v) is 8.05. The van der Waals surface area contributed by atoms with Gasteiger partial charge in [-0.3, -0.25) is 0 Å². The van der Waals surface area contributed by atoms with Crippen molar-refractivity contribution in [1.29, 1.82) is 0 Å². The summed E-state index contributed by atoms with van der Waals surface area (Å²) in [5, 5.41) is 0. The van der Waals surface area contributed by atoms with E-state index < -0.39 is 20.2 Å². The molecule has 0 fully saturated rings. The van der Waals surface area contributed by atoms with E-state index in [0.717, 1.165) is 0 Å². The van der Waals surface area contributed by atoms with Crippen LogP contribution in [0.3, 0.4) is 0 Å². The minimum Gasteiger partial charge on any atom is -0.193 e. The molecule has 0 N–H and O–H groups in total. The van der Waals surface area contributed by atoms with Gasteiger partial charge in [-0.1, -0.05) is 36.4 Å². The van der Waals surface area contributed by atoms with E-state index in [2.05, 4.69) is 3.63 Å². The van der Waals surface area contributed by atoms with Crippen LogP contribution < -0.4 is 0 Å². The van der Waals surface area contributed by atoms with Gasteiger partial charge in [0.2, 0.25) is 0 Å². The molecule has 0 amide bonds. The average Bonchev–Trinajstić information content (AvgIpc) is 2.40. The van der Waals surface area contributed by atoms with Crippen molar-refractivity contribution in [3.8, 4) is 0 Å². The van der Waals surface area contributed by atoms with E-state index in [1.807, 2.05) is 0 Å². The predicted octanol–water partition coefficient (Wildman–Crippen LogP) is 1.40. The second-order valence-corrected chi connectivity index (χ2v) is 6.91. The van der Waals surface area contributed by atoms with Crippen LogP contribution in [0.25, 0.3) is 0 Å². The van der Waals surface area contributed by atoms with E-state index in [1.54, 1.807) is 12.1 Å². The normalized spacial score (nSPS) is 11.6. The second-order valence-electron chi connectivity index (χ2n) is 3.60. The molecule has 0 heterocycles. The summed E-state index contributed by atoms with van der Waals surface area (Å²) in [5.41, 5.74) is 0. The minimum atomic E-state index is -4.35. The van der Waals surface area contributed by atoms with Crippen LogP contribution in [0, 0.1) is 0 Å². The van der Waals surface area contributed by atoms with Crippen molar-refractivity contribution in [2.45, 2.75) is 9.79 Å². The molecule has 0 atom stereocenters. The first kappa shape index (κ1) is 17.4. The molecule has 20 heavy (non-hydrogen) atoms. The first-order chi connectivity index (χ1) is 8.92. The zero-order chi connectivity index (χ0) is 13.9. The zero-order valence-electron chi connectivity index (χ0n) is 10.6. The molecule has 0 saturated heterocycles. The van der Waals surface area contributed by atoms with Gasteiger partial charge in [0, 0.05) is 29.6 Å². The standard InChI is InChI=1S/C12H10O5S2.Na/c13-18(14,11-7-3-1-4-8-11)17-19(15,16)12-9-5-2-6-10-12;/h1-10H;. The fourth-order valence-corrected chi connectivity index (χ4v) is 3.92. The summed E-state index contributed by atoms with van der Waals surface area (Å²) in [5.74, 6) is 0. The second kappa shape index (κ2) is 6.84. The molecular weight excluding hydrogens is 311 g/mol. The summed E-state index contributed by atoms with van der Waals surface area (Å²) in [6.45, 7) is 0. The van der Waals surface area contributed by atoms with Gasteiger partial charge < -0.3 is 0 Å². The van der Waals surface area contributed by atoms with Crippen molar-refractivity contribution in [3.63, 3.8) is 0 Å². The van der Waals surface area contributed by atoms with Crippen LogP contribution in [0.1, 0.15) is 0 Å². The van der Waals surface area contributed by atoms with Crippen LogP contribution in [0.2, 0.25) is 0 Å². The van der Waals surface area contributed by atoms with Gasteiger partial charge in [0.25, 0.3) is 0 Å². The van der Waals surface area contributed by atoms with E-state index in [4.69, 9.17) is 0 Å². The zero-order valence-corrected chi connectivity index (χ0v) is 14.3. The van der Waals surface area contributed by atoms with Crippen LogP contribution in [0.4, 0.5) is 0 Å². The molecule has 0 saturated carbocycles. The molecule has 0 spiro atoms. The van der Waals surface area contributed by atoms with Crippen LogP contribution in [0.5, 0.6) is 0 Å². The molecule has 2 rings (SSSR count). The molecule has 0 unspecified atom stereocenters. The Morgan fingerprint density at radius 1 is 0.600 bits per heavy atom. The van der Waals surface area contributed by atoms with Crippen molar-refractivity contribution >= 4 is 49.8 Å². The maximum absolute atomic E-state index is 11.8. The molecule has 0 bridgehead atoms. The van der Waals surface area contributed by atoms with E-state index in [0.29, 0.717) is 0 Å². The van der Waals surface area contributed by atoms with Crippen molar-refractivity contribution in [3.05, 3.63) is 60.7 Å². The molecule has 0 aliphatic heterocycles. The van der Waals surface area contributed by atoms with Gasteiger partial charge in [-0.15, -0.1) is 3.63 Å². The SMILES string of the molecule is O=S(=O)(OS(=O)(=O)c1ccccc1)c1ccccc1.[Na]. The molecule has 2 aromatic rings. The minimum absolute atomic E-state index is 0. The Morgan fingerprint density at radius 3 is 1.20 bits per heavy atom. The summed E-state index contributed by atoms with van der Waals surface area (Å²) in [4.78, 5) is -0.427. The summed E-state index contributed by atoms with van der Waals surface area (Å²) in [7, 11) is -8.71. The van der Waals surface area contributed by atoms with Gasteiger partial charge in [0.1, 0.15) is 0 Å². The quantitative estimate of drug-likeness (QED) is 0.796. The molecule has 0 aromatic heterocycles. The molecular formula is C12H10NaO5S2. The molecule has 1 radical (unpaired) electrons. The van der Waals surface area contributed by atoms with E-state index in [-0.39, 0.29) is 39.3 Å². The fourth-order valence-electron chi connectivity index (χ4n) is 1.37. The Morgan fingerprint density at radius 2 is 0.900 bits per heavy atom. The van der Waals surface area contributed by atoms with Gasteiger partial charge >= 0.3 is 20.2 Å². The third kappa shape index (κ3) is 4.15. The first-order valence-electron chi connectivity index (χ1n) is 5.23. The molecule has 2 aromatic carbocycles. The predicted molar refractivity (Wildman–Crippen MR) is 74.1 cm³/mol. The summed E-state index contributed by atoms with van der Waals surface area (Å²) >= 11 is 0. The van der Waals surface area contributed by atoms with E-state index >= 15 is 0 Å². The Hall–Kier alpha value is -0.700. The summed E-state index contributed by atoms with van der Waals surface area (Å²) < 4.78 is 51.6. The number of benzene rings is 2. The van der Waals surface area contributed by atoms with Gasteiger partial charge in [-0.2, -0.15) is 16.8 Å². The topological polar surface area (TPSA) is 77.5 Å². The molecule has 101 valence electrons. The smallest absolute Gasteiger partial charge is 0.193 e. The van der Waals surface area contributed by atoms with Gasteiger partial charge in [-0.25, -0.2) is 0 Å². The van der Waals surface area contributed by atoms with Crippen LogP contribution >= 0.6 is 0 Å². The van der Waals surface area contributed by atoms with Gasteiger partial charge in [0.05, 0.1) is 9.79 Å². The fraction of sp³-hybridized carbons (Fsp3) is 0. The Balaban J connectivity index is 0.00000200. The summed E-state index contributed by atoms with van der Waals surface area (Å²) in [6.07, 6.45) is 0. The van der Waals surface area contributed by atoms with Crippen molar-refractivity contribution in [2.75, 3.05) is 0 Å². The van der Waals surface area contributed by atoms with Gasteiger partial charge in [-0.05, 0) is 24.3 Å². The number of hydrogen-bond acceptors (Lipinski definition) is 5. The summed E-state index contributed by atoms with van der Waals surface area (Å²) in [6, 6.07) is 14.2. The third-order valence-electron chi connectivity index (χ3n) is 2.24. The Kier molecular flexibility index (Phi) is 5.93. The van der Waals surface area contributed by atoms with Crippen molar-refractivity contribution in [2.24, 2.45) is 0 Å². The molecule has 0 aliphatic rings. The average molecular weight is 321 g/mol. The van der Waals surface area contributed by atoms with Crippen molar-refractivity contribution < 1.29 is 20.5 Å². The van der Waals surface area contributed by atoms with Crippen LogP contribution in [0.15, 0.2) is 70.5 Å².